The average molecular weight is 501 g/mol. The molecule has 2 aromatic rings. The van der Waals surface area contributed by atoms with Crippen LogP contribution in [-0.2, 0) is 19.5 Å². The van der Waals surface area contributed by atoms with E-state index in [1.54, 1.807) is 51.4 Å². The van der Waals surface area contributed by atoms with Gasteiger partial charge in [-0.25, -0.2) is 32.5 Å². The van der Waals surface area contributed by atoms with Gasteiger partial charge in [0.1, 0.15) is 17.8 Å². The second-order valence-electron chi connectivity index (χ2n) is 8.68. The van der Waals surface area contributed by atoms with Gasteiger partial charge in [-0.3, -0.25) is 0 Å². The molecular weight excluding hydrogens is 471 g/mol. The predicted octanol–water partition coefficient (Wildman–Crippen LogP) is 3.79. The van der Waals surface area contributed by atoms with Crippen molar-refractivity contribution in [3.8, 4) is 11.1 Å². The number of ether oxygens (including phenoxy) is 1. The number of sulfonamides is 1. The van der Waals surface area contributed by atoms with E-state index in [1.807, 2.05) is 6.07 Å². The summed E-state index contributed by atoms with van der Waals surface area (Å²) in [6.45, 7) is 11.4. The van der Waals surface area contributed by atoms with E-state index in [2.05, 4.69) is 32.8 Å². The highest BCUT2D eigenvalue weighted by atomic mass is 32.2. The fourth-order valence-electron chi connectivity index (χ4n) is 3.96. The van der Waals surface area contributed by atoms with Crippen LogP contribution in [0.25, 0.3) is 11.1 Å². The normalized spacial score (nSPS) is 23.1. The predicted molar refractivity (Wildman–Crippen MR) is 133 cm³/mol. The van der Waals surface area contributed by atoms with E-state index in [0.717, 1.165) is 11.1 Å². The van der Waals surface area contributed by atoms with E-state index in [-0.39, 0.29) is 24.6 Å². The van der Waals surface area contributed by atoms with Gasteiger partial charge in [0.15, 0.2) is 4.75 Å². The number of allylic oxidation sites excluding steroid dienone is 2. The fraction of sp³-hybridized carbons (Fsp3) is 0.320. The summed E-state index contributed by atoms with van der Waals surface area (Å²) in [7, 11) is -4.11. The molecule has 10 heteroatoms. The minimum absolute atomic E-state index is 0.0239. The average Bonchev–Trinajstić information content (AvgIpc) is 2.80. The number of halogens is 1. The lowest BCUT2D eigenvalue weighted by Gasteiger charge is -2.47. The Balaban J connectivity index is 2.06. The smallest absolute Gasteiger partial charge is 0.299 e. The molecule has 0 bridgehead atoms. The maximum Gasteiger partial charge on any atom is 0.299 e. The Hall–Kier alpha value is -3.37. The Bertz CT molecular complexity index is 1280. The van der Waals surface area contributed by atoms with Crippen molar-refractivity contribution in [1.82, 2.24) is 14.7 Å². The van der Waals surface area contributed by atoms with Crippen molar-refractivity contribution < 1.29 is 22.7 Å². The minimum Gasteiger partial charge on any atom is -0.456 e. The van der Waals surface area contributed by atoms with Crippen molar-refractivity contribution in [1.29, 1.82) is 0 Å². The lowest BCUT2D eigenvalue weighted by molar-refractivity contribution is 0.0383. The molecule has 0 radical (unpaired) electrons. The van der Waals surface area contributed by atoms with Crippen LogP contribution in [0, 0.1) is 0 Å². The highest BCUT2D eigenvalue weighted by molar-refractivity contribution is 7.91. The highest BCUT2D eigenvalue weighted by Gasteiger charge is 2.59. The second-order valence-corrected chi connectivity index (χ2v) is 10.7. The zero-order chi connectivity index (χ0) is 25.9. The molecule has 1 aromatic heterocycles. The van der Waals surface area contributed by atoms with Gasteiger partial charge < -0.3 is 9.84 Å². The molecule has 35 heavy (non-hydrogen) atoms. The number of hydrogen-bond acceptors (Lipinski definition) is 7. The number of aromatic nitrogens is 2. The standard InChI is InChI=1S/C25H29FN4O4S/c1-6-8-21(17(2)26)22(11-12-31)29-23-30-35(32,33)25(5,24(3,4)34-23)20-10-7-9-18(13-20)19-14-27-16-28-15-19/h6-10,13-16,22,31H,1-2,11-12H2,3-5H3,(H,29,30)/b21-8+/t22-,25?/m0/s1. The van der Waals surface area contributed by atoms with Crippen molar-refractivity contribution in [3.05, 3.63) is 85.3 Å². The quantitative estimate of drug-likeness (QED) is 0.533. The molecular formula is C25H29FN4O4S. The summed E-state index contributed by atoms with van der Waals surface area (Å²) in [5.41, 5.74) is 0.749. The molecule has 1 fully saturated rings. The van der Waals surface area contributed by atoms with Crippen LogP contribution in [0.3, 0.4) is 0 Å². The van der Waals surface area contributed by atoms with E-state index in [4.69, 9.17) is 4.74 Å². The van der Waals surface area contributed by atoms with Crippen molar-refractivity contribution in [2.45, 2.75) is 43.6 Å². The number of nitrogens with zero attached hydrogens (tertiary/aromatic N) is 3. The van der Waals surface area contributed by atoms with E-state index < -0.39 is 32.2 Å². The molecule has 1 saturated heterocycles. The highest BCUT2D eigenvalue weighted by Crippen LogP contribution is 2.45. The number of hydrogen-bond donors (Lipinski definition) is 2. The van der Waals surface area contributed by atoms with E-state index in [9.17, 15) is 17.9 Å². The van der Waals surface area contributed by atoms with Crippen molar-refractivity contribution in [2.75, 3.05) is 6.61 Å². The van der Waals surface area contributed by atoms with Crippen molar-refractivity contribution in [3.63, 3.8) is 0 Å². The van der Waals surface area contributed by atoms with Crippen LogP contribution in [0.15, 0.2) is 84.7 Å². The third-order valence-corrected chi connectivity index (χ3v) is 8.46. The first-order valence-corrected chi connectivity index (χ1v) is 12.4. The van der Waals surface area contributed by atoms with Gasteiger partial charge in [0.2, 0.25) is 10.0 Å². The first-order chi connectivity index (χ1) is 16.5. The topological polar surface area (TPSA) is 114 Å². The maximum atomic E-state index is 14.1. The van der Waals surface area contributed by atoms with Gasteiger partial charge in [0.25, 0.3) is 6.02 Å². The number of amidine groups is 1. The summed E-state index contributed by atoms with van der Waals surface area (Å²) in [5.74, 6) is -0.767. The number of benzene rings is 1. The van der Waals surface area contributed by atoms with Crippen molar-refractivity contribution in [2.24, 2.45) is 4.99 Å². The summed E-state index contributed by atoms with van der Waals surface area (Å²) in [6, 6.07) is 5.84. The number of nitrogens with one attached hydrogen (secondary N) is 1. The third kappa shape index (κ3) is 5.03. The summed E-state index contributed by atoms with van der Waals surface area (Å²) in [6.07, 6.45) is 7.46. The minimum atomic E-state index is -4.11. The molecule has 0 amide bonds. The van der Waals surface area contributed by atoms with Gasteiger partial charge in [0.05, 0.1) is 6.04 Å². The van der Waals surface area contributed by atoms with E-state index in [1.165, 1.54) is 18.5 Å². The summed E-state index contributed by atoms with van der Waals surface area (Å²) in [4.78, 5) is 12.3. The van der Waals surface area contributed by atoms with Crippen LogP contribution in [-0.4, -0.2) is 47.8 Å². The van der Waals surface area contributed by atoms with Crippen LogP contribution < -0.4 is 4.72 Å². The van der Waals surface area contributed by atoms with Crippen LogP contribution in [0.5, 0.6) is 0 Å². The van der Waals surface area contributed by atoms with Gasteiger partial charge in [0, 0.05) is 30.1 Å². The summed E-state index contributed by atoms with van der Waals surface area (Å²) < 4.78 is 48.4. The first-order valence-electron chi connectivity index (χ1n) is 10.9. The van der Waals surface area contributed by atoms with E-state index >= 15 is 0 Å². The molecule has 8 nitrogen and oxygen atoms in total. The first kappa shape index (κ1) is 26.2. The molecule has 2 atom stereocenters. The monoisotopic (exact) mass is 500 g/mol. The third-order valence-electron chi connectivity index (χ3n) is 6.21. The van der Waals surface area contributed by atoms with Crippen LogP contribution >= 0.6 is 0 Å². The zero-order valence-electron chi connectivity index (χ0n) is 19.9. The molecule has 1 aliphatic rings. The molecule has 3 rings (SSSR count). The molecule has 0 aliphatic carbocycles. The van der Waals surface area contributed by atoms with Gasteiger partial charge in [-0.15, -0.1) is 0 Å². The number of aliphatic hydroxyl groups is 1. The number of aliphatic imine (C=N–C) groups is 1. The van der Waals surface area contributed by atoms with Crippen molar-refractivity contribution >= 4 is 16.0 Å². The second kappa shape index (κ2) is 10.1. The fourth-order valence-corrected chi connectivity index (χ4v) is 5.62. The Morgan fingerprint density at radius 3 is 2.54 bits per heavy atom. The zero-order valence-corrected chi connectivity index (χ0v) is 20.7. The van der Waals surface area contributed by atoms with Crippen LogP contribution in [0.4, 0.5) is 4.39 Å². The lowest BCUT2D eigenvalue weighted by atomic mass is 9.84. The van der Waals surface area contributed by atoms with Gasteiger partial charge in [-0.1, -0.05) is 43.5 Å². The molecule has 0 spiro atoms. The SMILES string of the molecule is C=C/C=C(\C(=C)F)[C@H](CCO)N=C1NS(=O)(=O)C(C)(c2cccc(-c3cncnc3)c2)C(C)(C)O1. The summed E-state index contributed by atoms with van der Waals surface area (Å²) >= 11 is 0. The molecule has 1 aliphatic heterocycles. The Morgan fingerprint density at radius 2 is 1.97 bits per heavy atom. The Kier molecular flexibility index (Phi) is 7.56. The molecule has 1 aromatic carbocycles. The number of rotatable bonds is 8. The van der Waals surface area contributed by atoms with Gasteiger partial charge in [-0.05, 0) is 44.4 Å². The van der Waals surface area contributed by atoms with Crippen LogP contribution in [0.2, 0.25) is 0 Å². The lowest BCUT2D eigenvalue weighted by Crippen LogP contribution is -2.64. The number of aliphatic hydroxyl groups excluding tert-OH is 1. The van der Waals surface area contributed by atoms with Crippen LogP contribution in [0.1, 0.15) is 32.8 Å². The Morgan fingerprint density at radius 1 is 1.29 bits per heavy atom. The molecule has 1 unspecified atom stereocenters. The summed E-state index contributed by atoms with van der Waals surface area (Å²) in [5, 5.41) is 9.46. The van der Waals surface area contributed by atoms with E-state index in [0.29, 0.717) is 5.56 Å². The molecule has 0 saturated carbocycles. The Labute approximate surface area is 205 Å². The van der Waals surface area contributed by atoms with Gasteiger partial charge >= 0.3 is 0 Å². The molecule has 2 N–H and O–H groups in total. The largest absolute Gasteiger partial charge is 0.456 e. The van der Waals surface area contributed by atoms with Gasteiger partial charge in [-0.2, -0.15) is 0 Å². The molecule has 186 valence electrons. The molecule has 2 heterocycles. The maximum absolute atomic E-state index is 14.1.